The van der Waals surface area contributed by atoms with Crippen LogP contribution in [0.1, 0.15) is 18.1 Å². The smallest absolute Gasteiger partial charge is 0.281 e. The third-order valence-electron chi connectivity index (χ3n) is 3.68. The van der Waals surface area contributed by atoms with Gasteiger partial charge in [-0.05, 0) is 29.8 Å². The average Bonchev–Trinajstić information content (AvgIpc) is 3.37. The SMILES string of the molecule is Cc1nc2sccc2c(=O)n1NC(=O)CCc1nc(-c2cccs2)no1. The van der Waals surface area contributed by atoms with Crippen molar-refractivity contribution in [2.24, 2.45) is 0 Å². The summed E-state index contributed by atoms with van der Waals surface area (Å²) in [6.07, 6.45) is 0.395. The first kappa shape index (κ1) is 16.6. The van der Waals surface area contributed by atoms with Gasteiger partial charge in [0.15, 0.2) is 0 Å². The summed E-state index contributed by atoms with van der Waals surface area (Å²) in [6, 6.07) is 5.50. The monoisotopic (exact) mass is 387 g/mol. The number of carbonyl (C=O) groups is 1. The second-order valence-electron chi connectivity index (χ2n) is 5.46. The Hall–Kier alpha value is -2.85. The number of hydrogen-bond acceptors (Lipinski definition) is 8. The Morgan fingerprint density at radius 1 is 1.27 bits per heavy atom. The highest BCUT2D eigenvalue weighted by atomic mass is 32.1. The van der Waals surface area contributed by atoms with Crippen LogP contribution in [0, 0.1) is 6.92 Å². The van der Waals surface area contributed by atoms with Gasteiger partial charge in [0.1, 0.15) is 10.7 Å². The van der Waals surface area contributed by atoms with E-state index in [1.54, 1.807) is 18.4 Å². The maximum Gasteiger partial charge on any atom is 0.281 e. The summed E-state index contributed by atoms with van der Waals surface area (Å²) >= 11 is 2.90. The van der Waals surface area contributed by atoms with Crippen molar-refractivity contribution in [1.82, 2.24) is 19.8 Å². The van der Waals surface area contributed by atoms with E-state index in [1.165, 1.54) is 27.3 Å². The molecule has 0 aliphatic rings. The fourth-order valence-corrected chi connectivity index (χ4v) is 3.86. The van der Waals surface area contributed by atoms with Crippen LogP contribution in [0.3, 0.4) is 0 Å². The summed E-state index contributed by atoms with van der Waals surface area (Å²) in [4.78, 5) is 34.8. The van der Waals surface area contributed by atoms with E-state index in [2.05, 4.69) is 20.6 Å². The molecular weight excluding hydrogens is 374 g/mol. The van der Waals surface area contributed by atoms with Gasteiger partial charge >= 0.3 is 0 Å². The topological polar surface area (TPSA) is 103 Å². The van der Waals surface area contributed by atoms with Crippen LogP contribution in [-0.2, 0) is 11.2 Å². The van der Waals surface area contributed by atoms with Gasteiger partial charge in [0, 0.05) is 12.8 Å². The molecule has 132 valence electrons. The molecule has 1 amide bonds. The molecule has 0 aliphatic carbocycles. The number of aryl methyl sites for hydroxylation is 2. The molecule has 4 aromatic heterocycles. The van der Waals surface area contributed by atoms with Gasteiger partial charge in [0.25, 0.3) is 5.56 Å². The van der Waals surface area contributed by atoms with Gasteiger partial charge in [0.2, 0.25) is 17.6 Å². The second kappa shape index (κ2) is 6.81. The largest absolute Gasteiger partial charge is 0.339 e. The number of nitrogens with zero attached hydrogens (tertiary/aromatic N) is 4. The van der Waals surface area contributed by atoms with Crippen molar-refractivity contribution in [2.45, 2.75) is 19.8 Å². The number of amides is 1. The van der Waals surface area contributed by atoms with Gasteiger partial charge in [0.05, 0.1) is 10.3 Å². The minimum absolute atomic E-state index is 0.111. The molecule has 1 N–H and O–H groups in total. The summed E-state index contributed by atoms with van der Waals surface area (Å²) in [7, 11) is 0. The number of rotatable bonds is 5. The van der Waals surface area contributed by atoms with Gasteiger partial charge in [-0.2, -0.15) is 4.98 Å². The van der Waals surface area contributed by atoms with E-state index in [1.807, 2.05) is 17.5 Å². The van der Waals surface area contributed by atoms with Crippen LogP contribution in [0.4, 0.5) is 0 Å². The number of fused-ring (bicyclic) bond motifs is 1. The van der Waals surface area contributed by atoms with Crippen molar-refractivity contribution in [3.8, 4) is 10.7 Å². The zero-order chi connectivity index (χ0) is 18.1. The Kier molecular flexibility index (Phi) is 4.35. The Bertz CT molecular complexity index is 1130. The zero-order valence-electron chi connectivity index (χ0n) is 13.6. The van der Waals surface area contributed by atoms with Gasteiger partial charge < -0.3 is 4.52 Å². The van der Waals surface area contributed by atoms with E-state index in [9.17, 15) is 9.59 Å². The molecule has 0 atom stereocenters. The molecule has 0 aromatic carbocycles. The van der Waals surface area contributed by atoms with Crippen molar-refractivity contribution >= 4 is 38.8 Å². The molecule has 0 spiro atoms. The highest BCUT2D eigenvalue weighted by Gasteiger charge is 2.14. The van der Waals surface area contributed by atoms with E-state index in [4.69, 9.17) is 4.52 Å². The quantitative estimate of drug-likeness (QED) is 0.565. The highest BCUT2D eigenvalue weighted by Crippen LogP contribution is 2.21. The van der Waals surface area contributed by atoms with E-state index in [0.717, 1.165) is 4.88 Å². The normalized spacial score (nSPS) is 11.1. The van der Waals surface area contributed by atoms with Gasteiger partial charge in [-0.1, -0.05) is 11.2 Å². The summed E-state index contributed by atoms with van der Waals surface area (Å²) in [5.41, 5.74) is 2.29. The molecule has 0 fully saturated rings. The molecule has 0 bridgehead atoms. The van der Waals surface area contributed by atoms with Crippen molar-refractivity contribution in [1.29, 1.82) is 0 Å². The van der Waals surface area contributed by atoms with Crippen LogP contribution < -0.4 is 11.0 Å². The maximum atomic E-state index is 12.4. The number of aromatic nitrogens is 4. The Labute approximate surface area is 155 Å². The summed E-state index contributed by atoms with van der Waals surface area (Å²) in [6.45, 7) is 1.67. The molecule has 4 rings (SSSR count). The van der Waals surface area contributed by atoms with Crippen LogP contribution in [0.25, 0.3) is 20.9 Å². The van der Waals surface area contributed by atoms with E-state index < -0.39 is 0 Å². The first-order valence-electron chi connectivity index (χ1n) is 7.75. The van der Waals surface area contributed by atoms with Gasteiger partial charge in [-0.15, -0.1) is 22.7 Å². The van der Waals surface area contributed by atoms with Crippen molar-refractivity contribution in [3.63, 3.8) is 0 Å². The van der Waals surface area contributed by atoms with Crippen LogP contribution >= 0.6 is 22.7 Å². The third kappa shape index (κ3) is 3.16. The number of thiophene rings is 2. The van der Waals surface area contributed by atoms with Gasteiger partial charge in [-0.25, -0.2) is 9.66 Å². The van der Waals surface area contributed by atoms with Crippen LogP contribution in [0.2, 0.25) is 0 Å². The Balaban J connectivity index is 1.44. The second-order valence-corrected chi connectivity index (χ2v) is 7.31. The highest BCUT2D eigenvalue weighted by molar-refractivity contribution is 7.16. The lowest BCUT2D eigenvalue weighted by Crippen LogP contribution is -2.35. The predicted octanol–water partition coefficient (Wildman–Crippen LogP) is 2.58. The lowest BCUT2D eigenvalue weighted by atomic mass is 10.3. The number of carbonyl (C=O) groups excluding carboxylic acids is 1. The molecule has 0 unspecified atom stereocenters. The van der Waals surface area contributed by atoms with Crippen molar-refractivity contribution in [3.05, 3.63) is 51.0 Å². The van der Waals surface area contributed by atoms with E-state index in [0.29, 0.717) is 27.8 Å². The molecule has 26 heavy (non-hydrogen) atoms. The number of hydrogen-bond donors (Lipinski definition) is 1. The fraction of sp³-hybridized carbons (Fsp3) is 0.188. The minimum atomic E-state index is -0.331. The average molecular weight is 387 g/mol. The van der Waals surface area contributed by atoms with Crippen molar-refractivity contribution < 1.29 is 9.32 Å². The molecule has 4 heterocycles. The number of nitrogens with one attached hydrogen (secondary N) is 1. The molecule has 8 nitrogen and oxygen atoms in total. The van der Waals surface area contributed by atoms with Crippen molar-refractivity contribution in [2.75, 3.05) is 5.43 Å². The molecule has 0 radical (unpaired) electrons. The standard InChI is InChI=1S/C16H13N5O3S2/c1-9-17-15-10(6-8-26-15)16(23)21(9)19-12(22)4-5-13-18-14(20-24-13)11-3-2-7-25-11/h2-3,6-8H,4-5H2,1H3,(H,19,22). The molecule has 0 aliphatic heterocycles. The molecule has 0 saturated heterocycles. The predicted molar refractivity (Wildman–Crippen MR) is 98.9 cm³/mol. The summed E-state index contributed by atoms with van der Waals surface area (Å²) in [5.74, 6) is 0.979. The lowest BCUT2D eigenvalue weighted by Gasteiger charge is -2.10. The lowest BCUT2D eigenvalue weighted by molar-refractivity contribution is -0.117. The minimum Gasteiger partial charge on any atom is -0.339 e. The Morgan fingerprint density at radius 2 is 2.15 bits per heavy atom. The molecular formula is C16H13N5O3S2. The van der Waals surface area contributed by atoms with E-state index >= 15 is 0 Å². The summed E-state index contributed by atoms with van der Waals surface area (Å²) in [5, 5.41) is 8.12. The van der Waals surface area contributed by atoms with Crippen LogP contribution in [0.5, 0.6) is 0 Å². The molecule has 10 heteroatoms. The maximum absolute atomic E-state index is 12.4. The van der Waals surface area contributed by atoms with Crippen LogP contribution in [-0.4, -0.2) is 25.7 Å². The zero-order valence-corrected chi connectivity index (χ0v) is 15.3. The molecule has 4 aromatic rings. The third-order valence-corrected chi connectivity index (χ3v) is 5.35. The van der Waals surface area contributed by atoms with Gasteiger partial charge in [-0.3, -0.25) is 15.0 Å². The van der Waals surface area contributed by atoms with E-state index in [-0.39, 0.29) is 24.3 Å². The molecule has 0 saturated carbocycles. The Morgan fingerprint density at radius 3 is 2.96 bits per heavy atom. The first-order valence-corrected chi connectivity index (χ1v) is 9.51. The first-order chi connectivity index (χ1) is 12.6. The van der Waals surface area contributed by atoms with Crippen LogP contribution in [0.15, 0.2) is 38.3 Å². The summed E-state index contributed by atoms with van der Waals surface area (Å²) < 4.78 is 6.34. The fourth-order valence-electron chi connectivity index (χ4n) is 2.41.